The summed E-state index contributed by atoms with van der Waals surface area (Å²) in [6.07, 6.45) is 12.4. The summed E-state index contributed by atoms with van der Waals surface area (Å²) in [5.41, 5.74) is 1.48. The van der Waals surface area contributed by atoms with Crippen LogP contribution in [0.1, 0.15) is 37.8 Å². The van der Waals surface area contributed by atoms with Gasteiger partial charge in [0, 0.05) is 31.1 Å². The first-order valence-corrected chi connectivity index (χ1v) is 7.97. The van der Waals surface area contributed by atoms with E-state index < -0.39 is 0 Å². The van der Waals surface area contributed by atoms with Gasteiger partial charge in [-0.2, -0.15) is 0 Å². The molecule has 0 aromatic carbocycles. The summed E-state index contributed by atoms with van der Waals surface area (Å²) >= 11 is 0. The summed E-state index contributed by atoms with van der Waals surface area (Å²) in [7, 11) is 0. The molecule has 2 aromatic heterocycles. The number of nitrogens with one attached hydrogen (secondary N) is 1. The molecular formula is C17H20N4O2. The van der Waals surface area contributed by atoms with E-state index in [2.05, 4.69) is 20.3 Å². The number of rotatable bonds is 6. The summed E-state index contributed by atoms with van der Waals surface area (Å²) in [5.74, 6) is 0.552. The molecule has 1 amide bonds. The van der Waals surface area contributed by atoms with Crippen LogP contribution >= 0.6 is 0 Å². The van der Waals surface area contributed by atoms with Crippen molar-refractivity contribution < 1.29 is 9.53 Å². The first kappa shape index (κ1) is 15.4. The molecule has 1 aliphatic carbocycles. The van der Waals surface area contributed by atoms with E-state index in [0.29, 0.717) is 24.4 Å². The minimum atomic E-state index is -0.0677. The number of amides is 1. The van der Waals surface area contributed by atoms with Crippen LogP contribution in [0.3, 0.4) is 0 Å². The summed E-state index contributed by atoms with van der Waals surface area (Å²) in [6.45, 7) is 0. The van der Waals surface area contributed by atoms with E-state index in [-0.39, 0.29) is 12.0 Å². The van der Waals surface area contributed by atoms with E-state index in [0.717, 1.165) is 18.5 Å². The van der Waals surface area contributed by atoms with Crippen molar-refractivity contribution in [1.29, 1.82) is 0 Å². The van der Waals surface area contributed by atoms with Gasteiger partial charge in [-0.3, -0.25) is 14.8 Å². The maximum Gasteiger partial charge on any atom is 0.224 e. The molecule has 0 bridgehead atoms. The first-order valence-electron chi connectivity index (χ1n) is 7.97. The fraction of sp³-hybridized carbons (Fsp3) is 0.412. The van der Waals surface area contributed by atoms with Crippen molar-refractivity contribution >= 4 is 11.6 Å². The molecule has 0 aliphatic heterocycles. The number of aromatic nitrogens is 3. The van der Waals surface area contributed by atoms with E-state index in [1.165, 1.54) is 12.8 Å². The highest BCUT2D eigenvalue weighted by Gasteiger charge is 2.16. The molecule has 120 valence electrons. The Morgan fingerprint density at radius 1 is 1.17 bits per heavy atom. The monoisotopic (exact) mass is 312 g/mol. The average molecular weight is 312 g/mol. The minimum absolute atomic E-state index is 0.0677. The van der Waals surface area contributed by atoms with Crippen LogP contribution in [-0.4, -0.2) is 27.0 Å². The van der Waals surface area contributed by atoms with Gasteiger partial charge in [-0.05, 0) is 38.2 Å². The van der Waals surface area contributed by atoms with Crippen LogP contribution in [0.4, 0.5) is 5.69 Å². The Morgan fingerprint density at radius 2 is 2.04 bits per heavy atom. The molecule has 0 unspecified atom stereocenters. The van der Waals surface area contributed by atoms with Crippen molar-refractivity contribution in [2.24, 2.45) is 0 Å². The summed E-state index contributed by atoms with van der Waals surface area (Å²) in [4.78, 5) is 24.3. The molecule has 6 heteroatoms. The average Bonchev–Trinajstić information content (AvgIpc) is 3.09. The highest BCUT2D eigenvalue weighted by atomic mass is 16.5. The van der Waals surface area contributed by atoms with Crippen LogP contribution in [0.25, 0.3) is 0 Å². The maximum atomic E-state index is 11.9. The zero-order chi connectivity index (χ0) is 15.9. The van der Waals surface area contributed by atoms with E-state index in [1.807, 2.05) is 6.07 Å². The van der Waals surface area contributed by atoms with Crippen LogP contribution in [0.5, 0.6) is 5.88 Å². The van der Waals surface area contributed by atoms with Crippen molar-refractivity contribution in [3.63, 3.8) is 0 Å². The molecule has 2 heterocycles. The van der Waals surface area contributed by atoms with Crippen molar-refractivity contribution in [2.45, 2.75) is 44.6 Å². The lowest BCUT2D eigenvalue weighted by Gasteiger charge is -2.12. The summed E-state index contributed by atoms with van der Waals surface area (Å²) in [6, 6.07) is 3.62. The molecule has 1 N–H and O–H groups in total. The van der Waals surface area contributed by atoms with Crippen LogP contribution in [0.2, 0.25) is 0 Å². The Morgan fingerprint density at radius 3 is 2.74 bits per heavy atom. The Labute approximate surface area is 135 Å². The normalized spacial score (nSPS) is 14.6. The van der Waals surface area contributed by atoms with Gasteiger partial charge < -0.3 is 10.1 Å². The van der Waals surface area contributed by atoms with Gasteiger partial charge >= 0.3 is 0 Å². The number of carbonyl (C=O) groups excluding carboxylic acids is 1. The lowest BCUT2D eigenvalue weighted by molar-refractivity contribution is -0.116. The number of hydrogen-bond donors (Lipinski definition) is 1. The van der Waals surface area contributed by atoms with Crippen LogP contribution in [0, 0.1) is 0 Å². The van der Waals surface area contributed by atoms with Crippen molar-refractivity contribution in [1.82, 2.24) is 15.0 Å². The number of pyridine rings is 1. The van der Waals surface area contributed by atoms with Gasteiger partial charge in [0.25, 0.3) is 0 Å². The standard InChI is InChI=1S/C17H20N4O2/c22-16(7-5-13-11-18-9-10-19-13)21-14-6-8-17(20-12-14)23-15-3-1-2-4-15/h6,8-12,15H,1-5,7H2,(H,21,22). The van der Waals surface area contributed by atoms with Gasteiger partial charge in [0.15, 0.2) is 0 Å². The topological polar surface area (TPSA) is 77.0 Å². The fourth-order valence-electron chi connectivity index (χ4n) is 2.63. The molecule has 2 aromatic rings. The lowest BCUT2D eigenvalue weighted by Crippen LogP contribution is -2.14. The lowest BCUT2D eigenvalue weighted by atomic mass is 10.2. The second-order valence-corrected chi connectivity index (χ2v) is 5.65. The second kappa shape index (κ2) is 7.67. The molecule has 0 saturated heterocycles. The highest BCUT2D eigenvalue weighted by Crippen LogP contribution is 2.23. The Kier molecular flexibility index (Phi) is 5.13. The smallest absolute Gasteiger partial charge is 0.224 e. The Bertz CT molecular complexity index is 625. The molecule has 1 saturated carbocycles. The Balaban J connectivity index is 1.46. The molecular weight excluding hydrogens is 292 g/mol. The minimum Gasteiger partial charge on any atom is -0.474 e. The molecule has 0 radical (unpaired) electrons. The predicted molar refractivity (Wildman–Crippen MR) is 86.1 cm³/mol. The number of nitrogens with zero attached hydrogens (tertiary/aromatic N) is 3. The number of aryl methyl sites for hydroxylation is 1. The predicted octanol–water partition coefficient (Wildman–Crippen LogP) is 2.76. The quantitative estimate of drug-likeness (QED) is 0.887. The third-order valence-corrected chi connectivity index (χ3v) is 3.83. The zero-order valence-electron chi connectivity index (χ0n) is 12.9. The molecule has 0 atom stereocenters. The summed E-state index contributed by atoms with van der Waals surface area (Å²) < 4.78 is 5.80. The van der Waals surface area contributed by atoms with Crippen LogP contribution in [0.15, 0.2) is 36.9 Å². The second-order valence-electron chi connectivity index (χ2n) is 5.65. The maximum absolute atomic E-state index is 11.9. The largest absolute Gasteiger partial charge is 0.474 e. The van der Waals surface area contributed by atoms with Crippen molar-refractivity contribution in [3.05, 3.63) is 42.6 Å². The van der Waals surface area contributed by atoms with E-state index in [1.54, 1.807) is 30.9 Å². The van der Waals surface area contributed by atoms with Gasteiger partial charge in [-0.25, -0.2) is 4.98 Å². The van der Waals surface area contributed by atoms with Crippen molar-refractivity contribution in [2.75, 3.05) is 5.32 Å². The number of anilines is 1. The van der Waals surface area contributed by atoms with E-state index in [4.69, 9.17) is 4.74 Å². The van der Waals surface area contributed by atoms with E-state index in [9.17, 15) is 4.79 Å². The van der Waals surface area contributed by atoms with Crippen LogP contribution in [-0.2, 0) is 11.2 Å². The molecule has 1 aliphatic rings. The molecule has 1 fully saturated rings. The zero-order valence-corrected chi connectivity index (χ0v) is 12.9. The third-order valence-electron chi connectivity index (χ3n) is 3.83. The summed E-state index contributed by atoms with van der Waals surface area (Å²) in [5, 5.41) is 2.83. The van der Waals surface area contributed by atoms with Gasteiger partial charge in [0.1, 0.15) is 6.10 Å². The van der Waals surface area contributed by atoms with Gasteiger partial charge in [0.2, 0.25) is 11.8 Å². The number of hydrogen-bond acceptors (Lipinski definition) is 5. The SMILES string of the molecule is O=C(CCc1cnccn1)Nc1ccc(OC2CCCC2)nc1. The van der Waals surface area contributed by atoms with Gasteiger partial charge in [-0.15, -0.1) is 0 Å². The molecule has 0 spiro atoms. The van der Waals surface area contributed by atoms with Crippen molar-refractivity contribution in [3.8, 4) is 5.88 Å². The number of ether oxygens (including phenoxy) is 1. The van der Waals surface area contributed by atoms with E-state index >= 15 is 0 Å². The van der Waals surface area contributed by atoms with Crippen LogP contribution < -0.4 is 10.1 Å². The van der Waals surface area contributed by atoms with Gasteiger partial charge in [0.05, 0.1) is 17.6 Å². The Hall–Kier alpha value is -2.50. The molecule has 23 heavy (non-hydrogen) atoms. The molecule has 3 rings (SSSR count). The number of carbonyl (C=O) groups is 1. The fourth-order valence-corrected chi connectivity index (χ4v) is 2.63. The highest BCUT2D eigenvalue weighted by molar-refractivity contribution is 5.90. The van der Waals surface area contributed by atoms with Gasteiger partial charge in [-0.1, -0.05) is 0 Å². The third kappa shape index (κ3) is 4.74. The first-order chi connectivity index (χ1) is 11.3. The molecule has 6 nitrogen and oxygen atoms in total.